The summed E-state index contributed by atoms with van der Waals surface area (Å²) in [5.74, 6) is -0.998. The SMILES string of the molecule is CC(C)(C(=O)O)S(=O)C1CCOCC1. The summed E-state index contributed by atoms with van der Waals surface area (Å²) in [5.41, 5.74) is 0. The molecule has 0 amide bonds. The van der Waals surface area contributed by atoms with E-state index in [1.54, 1.807) is 0 Å². The summed E-state index contributed by atoms with van der Waals surface area (Å²) in [4.78, 5) is 10.9. The van der Waals surface area contributed by atoms with Crippen LogP contribution in [0.4, 0.5) is 0 Å². The molecule has 1 atom stereocenters. The molecule has 1 fully saturated rings. The molecule has 1 saturated heterocycles. The van der Waals surface area contributed by atoms with E-state index in [9.17, 15) is 9.00 Å². The Morgan fingerprint density at radius 1 is 1.43 bits per heavy atom. The fraction of sp³-hybridized carbons (Fsp3) is 0.889. The largest absolute Gasteiger partial charge is 0.480 e. The normalized spacial score (nSPS) is 21.9. The molecule has 82 valence electrons. The Labute approximate surface area is 86.1 Å². The van der Waals surface area contributed by atoms with Gasteiger partial charge in [-0.3, -0.25) is 9.00 Å². The molecule has 1 rings (SSSR count). The Morgan fingerprint density at radius 2 is 1.93 bits per heavy atom. The van der Waals surface area contributed by atoms with E-state index in [0.29, 0.717) is 26.1 Å². The second kappa shape index (κ2) is 4.40. The lowest BCUT2D eigenvalue weighted by Gasteiger charge is -2.28. The van der Waals surface area contributed by atoms with Crippen molar-refractivity contribution in [2.75, 3.05) is 13.2 Å². The molecular formula is C9H16O4S. The van der Waals surface area contributed by atoms with E-state index in [1.165, 1.54) is 13.8 Å². The molecule has 1 N–H and O–H groups in total. The van der Waals surface area contributed by atoms with Crippen LogP contribution < -0.4 is 0 Å². The molecule has 1 aliphatic rings. The van der Waals surface area contributed by atoms with Gasteiger partial charge >= 0.3 is 5.97 Å². The smallest absolute Gasteiger partial charge is 0.321 e. The first-order valence-electron chi connectivity index (χ1n) is 4.68. The maximum atomic E-state index is 11.9. The lowest BCUT2D eigenvalue weighted by molar-refractivity contribution is -0.139. The summed E-state index contributed by atoms with van der Waals surface area (Å²) in [6.07, 6.45) is 1.40. The number of hydrogen-bond acceptors (Lipinski definition) is 3. The van der Waals surface area contributed by atoms with Crippen LogP contribution in [-0.4, -0.2) is 38.5 Å². The van der Waals surface area contributed by atoms with Crippen molar-refractivity contribution >= 4 is 16.8 Å². The molecule has 5 heteroatoms. The fourth-order valence-corrected chi connectivity index (χ4v) is 3.02. The van der Waals surface area contributed by atoms with E-state index in [4.69, 9.17) is 9.84 Å². The van der Waals surface area contributed by atoms with Crippen molar-refractivity contribution in [3.63, 3.8) is 0 Å². The van der Waals surface area contributed by atoms with E-state index in [2.05, 4.69) is 0 Å². The van der Waals surface area contributed by atoms with Crippen molar-refractivity contribution < 1.29 is 18.8 Å². The standard InChI is InChI=1S/C9H16O4S/c1-9(2,8(10)11)14(12)7-3-5-13-6-4-7/h7H,3-6H2,1-2H3,(H,10,11). The van der Waals surface area contributed by atoms with Gasteiger partial charge in [-0.25, -0.2) is 0 Å². The van der Waals surface area contributed by atoms with Crippen molar-refractivity contribution in [1.29, 1.82) is 0 Å². The van der Waals surface area contributed by atoms with E-state index in [-0.39, 0.29) is 5.25 Å². The second-order valence-corrected chi connectivity index (χ2v) is 6.21. The van der Waals surface area contributed by atoms with Crippen LogP contribution in [0.2, 0.25) is 0 Å². The van der Waals surface area contributed by atoms with Gasteiger partial charge in [0.2, 0.25) is 0 Å². The van der Waals surface area contributed by atoms with Gasteiger partial charge in [-0.05, 0) is 26.7 Å². The third-order valence-electron chi connectivity index (χ3n) is 2.49. The molecule has 1 aliphatic heterocycles. The van der Waals surface area contributed by atoms with E-state index in [0.717, 1.165) is 0 Å². The molecule has 0 spiro atoms. The van der Waals surface area contributed by atoms with Crippen LogP contribution in [0.25, 0.3) is 0 Å². The minimum atomic E-state index is -1.33. The van der Waals surface area contributed by atoms with Gasteiger partial charge in [-0.2, -0.15) is 0 Å². The maximum Gasteiger partial charge on any atom is 0.321 e. The number of rotatable bonds is 3. The van der Waals surface area contributed by atoms with Crippen molar-refractivity contribution in [2.45, 2.75) is 36.7 Å². The highest BCUT2D eigenvalue weighted by molar-refractivity contribution is 7.87. The van der Waals surface area contributed by atoms with Crippen molar-refractivity contribution in [1.82, 2.24) is 0 Å². The average Bonchev–Trinajstić information content (AvgIpc) is 2.17. The topological polar surface area (TPSA) is 63.6 Å². The van der Waals surface area contributed by atoms with Gasteiger partial charge in [-0.15, -0.1) is 0 Å². The summed E-state index contributed by atoms with van der Waals surface area (Å²) in [7, 11) is -1.33. The lowest BCUT2D eigenvalue weighted by Crippen LogP contribution is -2.43. The van der Waals surface area contributed by atoms with Crippen molar-refractivity contribution in [2.24, 2.45) is 0 Å². The van der Waals surface area contributed by atoms with Gasteiger partial charge in [0.15, 0.2) is 0 Å². The zero-order chi connectivity index (χ0) is 10.8. The minimum Gasteiger partial charge on any atom is -0.480 e. The maximum absolute atomic E-state index is 11.9. The number of hydrogen-bond donors (Lipinski definition) is 1. The molecule has 0 radical (unpaired) electrons. The Balaban J connectivity index is 2.67. The minimum absolute atomic E-state index is 0.0325. The van der Waals surface area contributed by atoms with Crippen LogP contribution in [0.15, 0.2) is 0 Å². The van der Waals surface area contributed by atoms with Gasteiger partial charge in [-0.1, -0.05) is 0 Å². The number of carboxylic acids is 1. The van der Waals surface area contributed by atoms with Crippen molar-refractivity contribution in [3.8, 4) is 0 Å². The summed E-state index contributed by atoms with van der Waals surface area (Å²) >= 11 is 0. The fourth-order valence-electron chi connectivity index (χ4n) is 1.39. The predicted octanol–water partition coefficient (Wildman–Crippen LogP) is 0.777. The number of aliphatic carboxylic acids is 1. The van der Waals surface area contributed by atoms with Crippen LogP contribution >= 0.6 is 0 Å². The molecule has 14 heavy (non-hydrogen) atoms. The lowest BCUT2D eigenvalue weighted by atomic mass is 10.2. The van der Waals surface area contributed by atoms with Gasteiger partial charge in [0.1, 0.15) is 4.75 Å². The zero-order valence-corrected chi connectivity index (χ0v) is 9.30. The molecule has 4 nitrogen and oxygen atoms in total. The van der Waals surface area contributed by atoms with Crippen LogP contribution in [0.1, 0.15) is 26.7 Å². The Morgan fingerprint density at radius 3 is 2.36 bits per heavy atom. The second-order valence-electron chi connectivity index (χ2n) is 3.92. The summed E-state index contributed by atoms with van der Waals surface area (Å²) in [6, 6.07) is 0. The molecule has 0 aromatic rings. The molecule has 0 aliphatic carbocycles. The molecule has 0 saturated carbocycles. The van der Waals surface area contributed by atoms with Gasteiger partial charge < -0.3 is 9.84 Å². The summed E-state index contributed by atoms with van der Waals surface area (Å²) in [5, 5.41) is 8.89. The molecular weight excluding hydrogens is 204 g/mol. The Hall–Kier alpha value is -0.420. The van der Waals surface area contributed by atoms with E-state index >= 15 is 0 Å². The first-order chi connectivity index (χ1) is 6.46. The quantitative estimate of drug-likeness (QED) is 0.763. The number of carbonyl (C=O) groups is 1. The zero-order valence-electron chi connectivity index (χ0n) is 8.49. The highest BCUT2D eigenvalue weighted by Crippen LogP contribution is 2.23. The number of carboxylic acid groups (broad SMARTS) is 1. The van der Waals surface area contributed by atoms with Crippen molar-refractivity contribution in [3.05, 3.63) is 0 Å². The van der Waals surface area contributed by atoms with Gasteiger partial charge in [0.05, 0.1) is 0 Å². The van der Waals surface area contributed by atoms with Crippen LogP contribution in [0, 0.1) is 0 Å². The summed E-state index contributed by atoms with van der Waals surface area (Å²) in [6.45, 7) is 4.21. The number of ether oxygens (including phenoxy) is 1. The van der Waals surface area contributed by atoms with Gasteiger partial charge in [0, 0.05) is 29.3 Å². The predicted molar refractivity (Wildman–Crippen MR) is 53.7 cm³/mol. The third kappa shape index (κ3) is 2.33. The Kier molecular flexibility index (Phi) is 3.66. The molecule has 1 heterocycles. The molecule has 1 unspecified atom stereocenters. The van der Waals surface area contributed by atoms with Crippen LogP contribution in [-0.2, 0) is 20.3 Å². The average molecular weight is 220 g/mol. The highest BCUT2D eigenvalue weighted by atomic mass is 32.2. The molecule has 0 bridgehead atoms. The molecule has 0 aromatic carbocycles. The van der Waals surface area contributed by atoms with Crippen LogP contribution in [0.5, 0.6) is 0 Å². The Bertz CT molecular complexity index is 243. The first-order valence-corrected chi connectivity index (χ1v) is 5.89. The van der Waals surface area contributed by atoms with Crippen LogP contribution in [0.3, 0.4) is 0 Å². The molecule has 0 aromatic heterocycles. The summed E-state index contributed by atoms with van der Waals surface area (Å²) < 4.78 is 15.9. The third-order valence-corrected chi connectivity index (χ3v) is 4.75. The van der Waals surface area contributed by atoms with Gasteiger partial charge in [0.25, 0.3) is 0 Å². The van der Waals surface area contributed by atoms with E-state index < -0.39 is 21.5 Å². The first kappa shape index (κ1) is 11.7. The highest BCUT2D eigenvalue weighted by Gasteiger charge is 2.39. The van der Waals surface area contributed by atoms with E-state index in [1.807, 2.05) is 0 Å². The monoisotopic (exact) mass is 220 g/mol.